The Morgan fingerprint density at radius 3 is 2.18 bits per heavy atom. The Morgan fingerprint density at radius 2 is 1.59 bits per heavy atom. The van der Waals surface area contributed by atoms with Gasteiger partial charge in [0.15, 0.2) is 0 Å². The van der Waals surface area contributed by atoms with Gasteiger partial charge in [0.1, 0.15) is 0 Å². The Labute approximate surface area is 106 Å². The first-order valence-corrected chi connectivity index (χ1v) is 7.93. The van der Waals surface area contributed by atoms with Gasteiger partial charge in [0.25, 0.3) is 0 Å². The smallest absolute Gasteiger partial charge is 0.0189 e. The van der Waals surface area contributed by atoms with Crippen molar-refractivity contribution >= 4 is 0 Å². The van der Waals surface area contributed by atoms with Gasteiger partial charge in [-0.05, 0) is 81.6 Å². The minimum absolute atomic E-state index is 0.562. The van der Waals surface area contributed by atoms with Gasteiger partial charge >= 0.3 is 0 Å². The number of rotatable bonds is 2. The molecule has 0 aliphatic heterocycles. The van der Waals surface area contributed by atoms with E-state index in [-0.39, 0.29) is 0 Å². The van der Waals surface area contributed by atoms with Crippen LogP contribution in [0.5, 0.6) is 0 Å². The molecule has 5 rings (SSSR count). The van der Waals surface area contributed by atoms with Crippen molar-refractivity contribution < 1.29 is 0 Å². The highest BCUT2D eigenvalue weighted by Gasteiger charge is 2.59. The zero-order valence-corrected chi connectivity index (χ0v) is 11.3. The van der Waals surface area contributed by atoms with Crippen molar-refractivity contribution in [3.05, 3.63) is 0 Å². The van der Waals surface area contributed by atoms with Crippen molar-refractivity contribution in [2.45, 2.75) is 69.7 Å². The molecule has 0 amide bonds. The van der Waals surface area contributed by atoms with Gasteiger partial charge < -0.3 is 5.32 Å². The molecule has 1 heteroatoms. The monoisotopic (exact) mass is 233 g/mol. The predicted molar refractivity (Wildman–Crippen MR) is 70.9 cm³/mol. The summed E-state index contributed by atoms with van der Waals surface area (Å²) in [6, 6.07) is 0. The lowest BCUT2D eigenvalue weighted by atomic mass is 9.44. The van der Waals surface area contributed by atoms with Crippen molar-refractivity contribution in [2.24, 2.45) is 23.2 Å². The van der Waals surface area contributed by atoms with Crippen LogP contribution >= 0.6 is 0 Å². The topological polar surface area (TPSA) is 12.0 Å². The first-order chi connectivity index (χ1) is 8.24. The fourth-order valence-electron chi connectivity index (χ4n) is 6.64. The highest BCUT2D eigenvalue weighted by molar-refractivity contribution is 5.13. The minimum Gasteiger partial charge on any atom is -0.314 e. The van der Waals surface area contributed by atoms with E-state index in [1.807, 2.05) is 0 Å². The third-order valence-electron chi connectivity index (χ3n) is 6.86. The summed E-state index contributed by atoms with van der Waals surface area (Å²) < 4.78 is 0. The molecule has 1 N–H and O–H groups in total. The molecule has 0 aromatic rings. The second kappa shape index (κ2) is 3.50. The fraction of sp³-hybridized carbons (Fsp3) is 1.00. The van der Waals surface area contributed by atoms with Crippen LogP contribution in [0.25, 0.3) is 0 Å². The van der Waals surface area contributed by atoms with Gasteiger partial charge in [0.05, 0.1) is 0 Å². The summed E-state index contributed by atoms with van der Waals surface area (Å²) in [5.41, 5.74) is 1.34. The molecule has 5 saturated carbocycles. The normalized spacial score (nSPS) is 53.5. The SMILES string of the molecule is CNC12CC3CC(C1)CC(C1CCCC1)(C3)C2. The summed E-state index contributed by atoms with van der Waals surface area (Å²) >= 11 is 0. The molecule has 2 unspecified atom stereocenters. The summed E-state index contributed by atoms with van der Waals surface area (Å²) in [5, 5.41) is 3.76. The van der Waals surface area contributed by atoms with E-state index < -0.39 is 0 Å². The van der Waals surface area contributed by atoms with Crippen LogP contribution in [0.15, 0.2) is 0 Å². The molecule has 0 saturated heterocycles. The lowest BCUT2D eigenvalue weighted by molar-refractivity contribution is -0.108. The first kappa shape index (κ1) is 10.8. The van der Waals surface area contributed by atoms with Gasteiger partial charge in [-0.15, -0.1) is 0 Å². The molecule has 2 atom stereocenters. The van der Waals surface area contributed by atoms with E-state index in [0.717, 1.165) is 23.2 Å². The Bertz CT molecular complexity index is 301. The Kier molecular flexibility index (Phi) is 2.23. The standard InChI is InChI=1S/C16H27N/c1-17-16-9-12-6-13(10-16)8-15(7-12,11-16)14-4-2-3-5-14/h12-14,17H,2-11H2,1H3. The highest BCUT2D eigenvalue weighted by Crippen LogP contribution is 2.65. The Hall–Kier alpha value is -0.0400. The molecule has 17 heavy (non-hydrogen) atoms. The van der Waals surface area contributed by atoms with Gasteiger partial charge in [-0.25, -0.2) is 0 Å². The Balaban J connectivity index is 1.68. The third-order valence-corrected chi connectivity index (χ3v) is 6.86. The van der Waals surface area contributed by atoms with E-state index in [9.17, 15) is 0 Å². The van der Waals surface area contributed by atoms with E-state index in [1.54, 1.807) is 32.1 Å². The van der Waals surface area contributed by atoms with Crippen LogP contribution in [-0.2, 0) is 0 Å². The van der Waals surface area contributed by atoms with Crippen molar-refractivity contribution in [3.8, 4) is 0 Å². The summed E-state index contributed by atoms with van der Waals surface area (Å²) in [7, 11) is 2.23. The largest absolute Gasteiger partial charge is 0.314 e. The number of hydrogen-bond acceptors (Lipinski definition) is 1. The third kappa shape index (κ3) is 1.47. The highest BCUT2D eigenvalue weighted by atomic mass is 15.0. The van der Waals surface area contributed by atoms with Crippen LogP contribution < -0.4 is 5.32 Å². The van der Waals surface area contributed by atoms with Gasteiger partial charge in [-0.3, -0.25) is 0 Å². The summed E-state index contributed by atoms with van der Waals surface area (Å²) in [4.78, 5) is 0. The second-order valence-corrected chi connectivity index (χ2v) is 7.84. The van der Waals surface area contributed by atoms with Crippen molar-refractivity contribution in [3.63, 3.8) is 0 Å². The molecule has 0 aromatic heterocycles. The summed E-state index contributed by atoms with van der Waals surface area (Å²) in [5.74, 6) is 3.25. The van der Waals surface area contributed by atoms with Crippen molar-refractivity contribution in [1.82, 2.24) is 5.32 Å². The Morgan fingerprint density at radius 1 is 0.941 bits per heavy atom. The predicted octanol–water partition coefficient (Wildman–Crippen LogP) is 3.74. The van der Waals surface area contributed by atoms with Crippen LogP contribution in [-0.4, -0.2) is 12.6 Å². The number of hydrogen-bond donors (Lipinski definition) is 1. The van der Waals surface area contributed by atoms with Crippen molar-refractivity contribution in [1.29, 1.82) is 0 Å². The summed E-state index contributed by atoms with van der Waals surface area (Å²) in [6.07, 6.45) is 15.4. The maximum atomic E-state index is 3.76. The molecule has 0 heterocycles. The molecule has 5 aliphatic carbocycles. The van der Waals surface area contributed by atoms with Gasteiger partial charge in [0, 0.05) is 5.54 Å². The molecule has 1 nitrogen and oxygen atoms in total. The number of nitrogens with one attached hydrogen (secondary N) is 1. The van der Waals surface area contributed by atoms with Crippen molar-refractivity contribution in [2.75, 3.05) is 7.05 Å². The molecular weight excluding hydrogens is 206 g/mol. The van der Waals surface area contributed by atoms with E-state index >= 15 is 0 Å². The van der Waals surface area contributed by atoms with Crippen LogP contribution in [0.4, 0.5) is 0 Å². The maximum Gasteiger partial charge on any atom is 0.0189 e. The maximum absolute atomic E-state index is 3.76. The van der Waals surface area contributed by atoms with E-state index in [0.29, 0.717) is 5.54 Å². The molecule has 0 aromatic carbocycles. The molecule has 4 bridgehead atoms. The molecule has 0 spiro atoms. The van der Waals surface area contributed by atoms with E-state index in [1.165, 1.54) is 32.1 Å². The first-order valence-electron chi connectivity index (χ1n) is 7.93. The zero-order valence-electron chi connectivity index (χ0n) is 11.3. The van der Waals surface area contributed by atoms with Gasteiger partial charge in [-0.1, -0.05) is 12.8 Å². The van der Waals surface area contributed by atoms with Crippen LogP contribution in [0, 0.1) is 23.2 Å². The summed E-state index contributed by atoms with van der Waals surface area (Å²) in [6.45, 7) is 0. The van der Waals surface area contributed by atoms with Crippen LogP contribution in [0.1, 0.15) is 64.2 Å². The fourth-order valence-corrected chi connectivity index (χ4v) is 6.64. The average Bonchev–Trinajstić information content (AvgIpc) is 2.81. The molecule has 96 valence electrons. The van der Waals surface area contributed by atoms with Crippen LogP contribution in [0.3, 0.4) is 0 Å². The zero-order chi connectivity index (χ0) is 11.5. The second-order valence-electron chi connectivity index (χ2n) is 7.84. The average molecular weight is 233 g/mol. The van der Waals surface area contributed by atoms with E-state index in [4.69, 9.17) is 0 Å². The quantitative estimate of drug-likeness (QED) is 0.766. The molecule has 0 radical (unpaired) electrons. The molecular formula is C16H27N. The lowest BCUT2D eigenvalue weighted by Crippen LogP contribution is -2.62. The van der Waals surface area contributed by atoms with Crippen LogP contribution in [0.2, 0.25) is 0 Å². The minimum atomic E-state index is 0.562. The molecule has 5 fully saturated rings. The molecule has 5 aliphatic rings. The van der Waals surface area contributed by atoms with E-state index in [2.05, 4.69) is 12.4 Å². The lowest BCUT2D eigenvalue weighted by Gasteiger charge is -2.64. The van der Waals surface area contributed by atoms with Gasteiger partial charge in [0.2, 0.25) is 0 Å². The van der Waals surface area contributed by atoms with Gasteiger partial charge in [-0.2, -0.15) is 0 Å².